The molecule has 1 aromatic rings. The summed E-state index contributed by atoms with van der Waals surface area (Å²) in [6.07, 6.45) is 1.31. The zero-order valence-corrected chi connectivity index (χ0v) is 19.5. The minimum atomic E-state index is 0. The number of ether oxygens (including phenoxy) is 1. The highest BCUT2D eigenvalue weighted by molar-refractivity contribution is 14.0. The van der Waals surface area contributed by atoms with E-state index in [1.54, 1.807) is 0 Å². The maximum Gasteiger partial charge on any atom is 0.191 e. The molecule has 2 rings (SSSR count). The predicted molar refractivity (Wildman–Crippen MR) is 125 cm³/mol. The Kier molecular flexibility index (Phi) is 11.7. The first-order chi connectivity index (χ1) is 12.6. The first-order valence-electron chi connectivity index (χ1n) is 9.65. The fraction of sp³-hybridized carbons (Fsp3) is 0.650. The Balaban J connectivity index is 0.00000364. The molecule has 154 valence electrons. The standard InChI is InChI=1S/C20H35N5O.HI/c1-17-7-5-8-19(15-17)26-18(2)16-23-20(21-3)22-9-12-25-11-6-10-24(4)13-14-25;/h5,7-8,15,18H,6,9-14,16H2,1-4H3,(H2,21,22,23);1H. The van der Waals surface area contributed by atoms with Crippen molar-refractivity contribution in [3.63, 3.8) is 0 Å². The van der Waals surface area contributed by atoms with Crippen LogP contribution in [0.5, 0.6) is 5.75 Å². The van der Waals surface area contributed by atoms with E-state index in [0.29, 0.717) is 6.54 Å². The molecule has 1 fully saturated rings. The number of hydrogen-bond donors (Lipinski definition) is 2. The second-order valence-corrected chi connectivity index (χ2v) is 7.12. The third-order valence-corrected chi connectivity index (χ3v) is 4.64. The Labute approximate surface area is 181 Å². The van der Waals surface area contributed by atoms with Gasteiger partial charge in [-0.15, -0.1) is 24.0 Å². The van der Waals surface area contributed by atoms with Gasteiger partial charge in [0.15, 0.2) is 5.96 Å². The van der Waals surface area contributed by atoms with Crippen LogP contribution in [-0.2, 0) is 0 Å². The number of nitrogens with zero attached hydrogens (tertiary/aromatic N) is 3. The number of halogens is 1. The van der Waals surface area contributed by atoms with Gasteiger partial charge in [0.25, 0.3) is 0 Å². The van der Waals surface area contributed by atoms with Crippen LogP contribution in [0.3, 0.4) is 0 Å². The van der Waals surface area contributed by atoms with E-state index in [1.165, 1.54) is 25.1 Å². The van der Waals surface area contributed by atoms with Crippen molar-refractivity contribution in [1.82, 2.24) is 20.4 Å². The fourth-order valence-corrected chi connectivity index (χ4v) is 3.08. The number of aryl methyl sites for hydroxylation is 1. The summed E-state index contributed by atoms with van der Waals surface area (Å²) in [4.78, 5) is 9.23. The van der Waals surface area contributed by atoms with Crippen molar-refractivity contribution in [3.8, 4) is 5.75 Å². The predicted octanol–water partition coefficient (Wildman–Crippen LogP) is 2.18. The zero-order chi connectivity index (χ0) is 18.8. The molecule has 1 unspecified atom stereocenters. The quantitative estimate of drug-likeness (QED) is 0.350. The Morgan fingerprint density at radius 1 is 1.22 bits per heavy atom. The molecule has 1 aliphatic rings. The van der Waals surface area contributed by atoms with Crippen LogP contribution in [0.15, 0.2) is 29.3 Å². The van der Waals surface area contributed by atoms with Gasteiger partial charge in [-0.05, 0) is 58.1 Å². The third kappa shape index (κ3) is 9.62. The molecule has 0 aromatic heterocycles. The van der Waals surface area contributed by atoms with Crippen molar-refractivity contribution in [2.24, 2.45) is 4.99 Å². The normalized spacial score (nSPS) is 17.6. The van der Waals surface area contributed by atoms with Crippen LogP contribution in [0.4, 0.5) is 0 Å². The lowest BCUT2D eigenvalue weighted by Gasteiger charge is -2.21. The van der Waals surface area contributed by atoms with Gasteiger partial charge in [-0.3, -0.25) is 4.99 Å². The molecular formula is C20H36IN5O. The van der Waals surface area contributed by atoms with Crippen molar-refractivity contribution < 1.29 is 4.74 Å². The van der Waals surface area contributed by atoms with E-state index in [2.05, 4.69) is 58.5 Å². The fourth-order valence-electron chi connectivity index (χ4n) is 3.08. The van der Waals surface area contributed by atoms with E-state index in [9.17, 15) is 0 Å². The molecule has 0 amide bonds. The summed E-state index contributed by atoms with van der Waals surface area (Å²) in [7, 11) is 4.01. The first-order valence-corrected chi connectivity index (χ1v) is 9.65. The third-order valence-electron chi connectivity index (χ3n) is 4.64. The van der Waals surface area contributed by atoms with E-state index in [0.717, 1.165) is 37.9 Å². The van der Waals surface area contributed by atoms with Crippen LogP contribution in [0, 0.1) is 6.92 Å². The Morgan fingerprint density at radius 2 is 2.04 bits per heavy atom. The van der Waals surface area contributed by atoms with Gasteiger partial charge in [0.1, 0.15) is 11.9 Å². The molecule has 7 heteroatoms. The van der Waals surface area contributed by atoms with Crippen LogP contribution < -0.4 is 15.4 Å². The van der Waals surface area contributed by atoms with Gasteiger partial charge < -0.3 is 25.2 Å². The number of rotatable bonds is 7. The highest BCUT2D eigenvalue weighted by Gasteiger charge is 2.12. The van der Waals surface area contributed by atoms with Crippen molar-refractivity contribution in [2.75, 3.05) is 59.9 Å². The lowest BCUT2D eigenvalue weighted by atomic mass is 10.2. The average molecular weight is 489 g/mol. The highest BCUT2D eigenvalue weighted by atomic mass is 127. The molecule has 0 saturated carbocycles. The molecule has 1 aliphatic heterocycles. The number of hydrogen-bond acceptors (Lipinski definition) is 4. The highest BCUT2D eigenvalue weighted by Crippen LogP contribution is 2.13. The molecule has 27 heavy (non-hydrogen) atoms. The van der Waals surface area contributed by atoms with E-state index < -0.39 is 0 Å². The molecule has 6 nitrogen and oxygen atoms in total. The lowest BCUT2D eigenvalue weighted by molar-refractivity contribution is 0.223. The van der Waals surface area contributed by atoms with Gasteiger partial charge in [0.2, 0.25) is 0 Å². The molecule has 1 saturated heterocycles. The largest absolute Gasteiger partial charge is 0.489 e. The SMILES string of the molecule is CN=C(NCCN1CCCN(C)CC1)NCC(C)Oc1cccc(C)c1.I. The second kappa shape index (κ2) is 13.2. The molecule has 1 heterocycles. The van der Waals surface area contributed by atoms with Crippen molar-refractivity contribution >= 4 is 29.9 Å². The van der Waals surface area contributed by atoms with Crippen LogP contribution in [-0.4, -0.2) is 81.8 Å². The van der Waals surface area contributed by atoms with Crippen molar-refractivity contribution in [1.29, 1.82) is 0 Å². The molecule has 1 atom stereocenters. The van der Waals surface area contributed by atoms with Crippen molar-refractivity contribution in [2.45, 2.75) is 26.4 Å². The van der Waals surface area contributed by atoms with Gasteiger partial charge in [-0.25, -0.2) is 0 Å². The van der Waals surface area contributed by atoms with Gasteiger partial charge in [-0.1, -0.05) is 12.1 Å². The number of benzene rings is 1. The smallest absolute Gasteiger partial charge is 0.191 e. The molecule has 0 spiro atoms. The molecule has 1 aromatic carbocycles. The number of aliphatic imine (C=N–C) groups is 1. The van der Waals surface area contributed by atoms with Gasteiger partial charge >= 0.3 is 0 Å². The lowest BCUT2D eigenvalue weighted by Crippen LogP contribution is -2.44. The summed E-state index contributed by atoms with van der Waals surface area (Å²) in [5.41, 5.74) is 1.21. The van der Waals surface area contributed by atoms with Gasteiger partial charge in [0.05, 0.1) is 6.54 Å². The maximum atomic E-state index is 5.96. The van der Waals surface area contributed by atoms with Gasteiger partial charge in [0, 0.05) is 33.2 Å². The second-order valence-electron chi connectivity index (χ2n) is 7.12. The van der Waals surface area contributed by atoms with Gasteiger partial charge in [-0.2, -0.15) is 0 Å². The topological polar surface area (TPSA) is 52.1 Å². The molecule has 0 bridgehead atoms. The molecule has 0 radical (unpaired) electrons. The van der Waals surface area contributed by atoms with E-state index >= 15 is 0 Å². The summed E-state index contributed by atoms with van der Waals surface area (Å²) >= 11 is 0. The Bertz CT molecular complexity index is 569. The summed E-state index contributed by atoms with van der Waals surface area (Å²) < 4.78 is 5.96. The Morgan fingerprint density at radius 3 is 2.78 bits per heavy atom. The summed E-state index contributed by atoms with van der Waals surface area (Å²) in [6.45, 7) is 11.5. The van der Waals surface area contributed by atoms with Crippen molar-refractivity contribution in [3.05, 3.63) is 29.8 Å². The number of guanidine groups is 1. The minimum Gasteiger partial charge on any atom is -0.489 e. The molecular weight excluding hydrogens is 453 g/mol. The van der Waals surface area contributed by atoms with Crippen LogP contribution >= 0.6 is 24.0 Å². The maximum absolute atomic E-state index is 5.96. The van der Waals surface area contributed by atoms with E-state index in [1.807, 2.05) is 19.2 Å². The first kappa shape index (κ1) is 24.0. The van der Waals surface area contributed by atoms with Crippen LogP contribution in [0.1, 0.15) is 18.9 Å². The monoisotopic (exact) mass is 489 g/mol. The molecule has 0 aliphatic carbocycles. The zero-order valence-electron chi connectivity index (χ0n) is 17.2. The minimum absolute atomic E-state index is 0. The number of likely N-dealkylation sites (N-methyl/N-ethyl adjacent to an activating group) is 1. The van der Waals surface area contributed by atoms with Crippen LogP contribution in [0.2, 0.25) is 0 Å². The molecule has 2 N–H and O–H groups in total. The van der Waals surface area contributed by atoms with E-state index in [-0.39, 0.29) is 30.1 Å². The summed E-state index contributed by atoms with van der Waals surface area (Å²) in [5.74, 6) is 1.74. The summed E-state index contributed by atoms with van der Waals surface area (Å²) in [6, 6.07) is 8.15. The Hall–Kier alpha value is -1.06. The van der Waals surface area contributed by atoms with E-state index in [4.69, 9.17) is 4.74 Å². The average Bonchev–Trinajstić information content (AvgIpc) is 2.82. The number of nitrogens with one attached hydrogen (secondary N) is 2. The summed E-state index contributed by atoms with van der Waals surface area (Å²) in [5, 5.41) is 6.75. The van der Waals surface area contributed by atoms with Crippen LogP contribution in [0.25, 0.3) is 0 Å².